The maximum atomic E-state index is 3.65. The summed E-state index contributed by atoms with van der Waals surface area (Å²) in [6, 6.07) is 7.54. The van der Waals surface area contributed by atoms with Crippen LogP contribution in [0, 0.1) is 5.92 Å². The minimum atomic E-state index is 0.772. The summed E-state index contributed by atoms with van der Waals surface area (Å²) in [5.41, 5.74) is 2.89. The lowest BCUT2D eigenvalue weighted by molar-refractivity contribution is 0.529. The zero-order valence-corrected chi connectivity index (χ0v) is 14.0. The Morgan fingerprint density at radius 1 is 1.30 bits per heavy atom. The predicted molar refractivity (Wildman–Crippen MR) is 89.2 cm³/mol. The number of hydrogen-bond donors (Lipinski definition) is 1. The zero-order valence-electron chi connectivity index (χ0n) is 12.4. The molecule has 1 heterocycles. The first kappa shape index (κ1) is 14.4. The number of benzene rings is 1. The molecule has 1 saturated carbocycles. The van der Waals surface area contributed by atoms with E-state index in [4.69, 9.17) is 0 Å². The Hall–Kier alpha value is -0.540. The molecule has 1 aliphatic heterocycles. The van der Waals surface area contributed by atoms with Gasteiger partial charge in [-0.2, -0.15) is 0 Å². The third-order valence-electron chi connectivity index (χ3n) is 4.52. The van der Waals surface area contributed by atoms with E-state index in [2.05, 4.69) is 51.3 Å². The van der Waals surface area contributed by atoms with Crippen molar-refractivity contribution in [2.24, 2.45) is 5.92 Å². The van der Waals surface area contributed by atoms with Gasteiger partial charge in [0.1, 0.15) is 0 Å². The number of anilines is 1. The third kappa shape index (κ3) is 3.56. The molecule has 1 aliphatic carbocycles. The smallest absolute Gasteiger partial charge is 0.0412 e. The first-order valence-electron chi connectivity index (χ1n) is 8.03. The molecule has 3 heteroatoms. The van der Waals surface area contributed by atoms with Crippen LogP contribution in [0.2, 0.25) is 0 Å². The van der Waals surface area contributed by atoms with Gasteiger partial charge in [-0.1, -0.05) is 29.3 Å². The Morgan fingerprint density at radius 3 is 2.90 bits per heavy atom. The van der Waals surface area contributed by atoms with Gasteiger partial charge in [0, 0.05) is 35.8 Å². The van der Waals surface area contributed by atoms with Crippen molar-refractivity contribution < 1.29 is 0 Å². The molecule has 1 atom stereocenters. The molecule has 0 radical (unpaired) electrons. The van der Waals surface area contributed by atoms with Gasteiger partial charge in [0.25, 0.3) is 0 Å². The highest BCUT2D eigenvalue weighted by molar-refractivity contribution is 9.10. The minimum Gasteiger partial charge on any atom is -0.371 e. The summed E-state index contributed by atoms with van der Waals surface area (Å²) in [5, 5.41) is 3.65. The van der Waals surface area contributed by atoms with Gasteiger partial charge in [-0.05, 0) is 55.4 Å². The SMILES string of the molecule is CCCC1CCN(c2ccc(Br)cc2CNC2CC2)C1. The summed E-state index contributed by atoms with van der Waals surface area (Å²) in [7, 11) is 0. The second-order valence-electron chi connectivity index (χ2n) is 6.32. The number of halogens is 1. The number of nitrogens with one attached hydrogen (secondary N) is 1. The molecule has 0 aromatic heterocycles. The van der Waals surface area contributed by atoms with Crippen LogP contribution in [0.1, 0.15) is 44.6 Å². The molecule has 0 spiro atoms. The maximum absolute atomic E-state index is 3.65. The molecule has 0 bridgehead atoms. The lowest BCUT2D eigenvalue weighted by Crippen LogP contribution is -2.23. The fourth-order valence-corrected chi connectivity index (χ4v) is 3.65. The standard InChI is InChI=1S/C17H25BrN2/c1-2-3-13-8-9-20(12-13)17-7-4-15(18)10-14(17)11-19-16-5-6-16/h4,7,10,13,16,19H,2-3,5-6,8-9,11-12H2,1H3. The van der Waals surface area contributed by atoms with Crippen LogP contribution in [0.5, 0.6) is 0 Å². The third-order valence-corrected chi connectivity index (χ3v) is 5.02. The van der Waals surface area contributed by atoms with E-state index in [1.165, 1.54) is 60.9 Å². The Balaban J connectivity index is 1.70. The van der Waals surface area contributed by atoms with E-state index in [0.717, 1.165) is 18.5 Å². The molecule has 2 nitrogen and oxygen atoms in total. The first-order valence-corrected chi connectivity index (χ1v) is 8.82. The van der Waals surface area contributed by atoms with Crippen molar-refractivity contribution >= 4 is 21.6 Å². The Kier molecular flexibility index (Phi) is 4.67. The Morgan fingerprint density at radius 2 is 2.15 bits per heavy atom. The lowest BCUT2D eigenvalue weighted by Gasteiger charge is -2.23. The molecule has 1 unspecified atom stereocenters. The van der Waals surface area contributed by atoms with Gasteiger partial charge in [-0.3, -0.25) is 0 Å². The normalized spacial score (nSPS) is 22.5. The summed E-state index contributed by atoms with van der Waals surface area (Å²) in [4.78, 5) is 2.59. The van der Waals surface area contributed by atoms with Gasteiger partial charge >= 0.3 is 0 Å². The van der Waals surface area contributed by atoms with Crippen LogP contribution in [-0.4, -0.2) is 19.1 Å². The average molecular weight is 337 g/mol. The van der Waals surface area contributed by atoms with Crippen LogP contribution in [0.15, 0.2) is 22.7 Å². The highest BCUT2D eigenvalue weighted by atomic mass is 79.9. The van der Waals surface area contributed by atoms with Gasteiger partial charge in [0.2, 0.25) is 0 Å². The van der Waals surface area contributed by atoms with E-state index in [-0.39, 0.29) is 0 Å². The Labute approximate surface area is 131 Å². The van der Waals surface area contributed by atoms with E-state index in [9.17, 15) is 0 Å². The van der Waals surface area contributed by atoms with Crippen LogP contribution in [-0.2, 0) is 6.54 Å². The van der Waals surface area contributed by atoms with Crippen molar-refractivity contribution in [3.05, 3.63) is 28.2 Å². The largest absolute Gasteiger partial charge is 0.371 e. The van der Waals surface area contributed by atoms with Crippen LogP contribution in [0.4, 0.5) is 5.69 Å². The van der Waals surface area contributed by atoms with Crippen molar-refractivity contribution in [3.8, 4) is 0 Å². The van der Waals surface area contributed by atoms with Crippen molar-refractivity contribution in [1.82, 2.24) is 5.32 Å². The van der Waals surface area contributed by atoms with Crippen molar-refractivity contribution in [2.75, 3.05) is 18.0 Å². The van der Waals surface area contributed by atoms with Crippen molar-refractivity contribution in [2.45, 2.75) is 51.6 Å². The highest BCUT2D eigenvalue weighted by Crippen LogP contribution is 2.31. The molecule has 1 aromatic rings. The van der Waals surface area contributed by atoms with E-state index in [1.807, 2.05) is 0 Å². The molecule has 1 N–H and O–H groups in total. The van der Waals surface area contributed by atoms with Crippen LogP contribution < -0.4 is 10.2 Å². The Bertz CT molecular complexity index is 456. The van der Waals surface area contributed by atoms with Gasteiger partial charge in [-0.15, -0.1) is 0 Å². The van der Waals surface area contributed by atoms with Gasteiger partial charge < -0.3 is 10.2 Å². The molecule has 0 amide bonds. The predicted octanol–water partition coefficient (Wildman–Crippen LogP) is 4.33. The number of hydrogen-bond acceptors (Lipinski definition) is 2. The summed E-state index contributed by atoms with van der Waals surface area (Å²) >= 11 is 3.62. The molecular formula is C17H25BrN2. The fourth-order valence-electron chi connectivity index (χ4n) is 3.24. The zero-order chi connectivity index (χ0) is 13.9. The first-order chi connectivity index (χ1) is 9.76. The highest BCUT2D eigenvalue weighted by Gasteiger charge is 2.25. The van der Waals surface area contributed by atoms with Crippen molar-refractivity contribution in [1.29, 1.82) is 0 Å². The van der Waals surface area contributed by atoms with Crippen molar-refractivity contribution in [3.63, 3.8) is 0 Å². The van der Waals surface area contributed by atoms with Gasteiger partial charge in [0.15, 0.2) is 0 Å². The van der Waals surface area contributed by atoms with E-state index in [0.29, 0.717) is 0 Å². The fraction of sp³-hybridized carbons (Fsp3) is 0.647. The molecule has 1 aromatic carbocycles. The average Bonchev–Trinajstić information content (AvgIpc) is 3.16. The van der Waals surface area contributed by atoms with Gasteiger partial charge in [-0.25, -0.2) is 0 Å². The molecule has 110 valence electrons. The van der Waals surface area contributed by atoms with E-state index >= 15 is 0 Å². The monoisotopic (exact) mass is 336 g/mol. The summed E-state index contributed by atoms with van der Waals surface area (Å²) in [6.45, 7) is 5.77. The minimum absolute atomic E-state index is 0.772. The topological polar surface area (TPSA) is 15.3 Å². The molecule has 2 aliphatic rings. The maximum Gasteiger partial charge on any atom is 0.0412 e. The molecule has 1 saturated heterocycles. The number of rotatable bonds is 6. The van der Waals surface area contributed by atoms with E-state index < -0.39 is 0 Å². The molecule has 3 rings (SSSR count). The second-order valence-corrected chi connectivity index (χ2v) is 7.23. The number of nitrogens with zero attached hydrogens (tertiary/aromatic N) is 1. The molecular weight excluding hydrogens is 312 g/mol. The van der Waals surface area contributed by atoms with E-state index in [1.54, 1.807) is 0 Å². The second kappa shape index (κ2) is 6.48. The molecule has 2 fully saturated rings. The van der Waals surface area contributed by atoms with Gasteiger partial charge in [0.05, 0.1) is 0 Å². The molecule has 20 heavy (non-hydrogen) atoms. The van der Waals surface area contributed by atoms with Crippen LogP contribution in [0.3, 0.4) is 0 Å². The summed E-state index contributed by atoms with van der Waals surface area (Å²) < 4.78 is 1.19. The summed E-state index contributed by atoms with van der Waals surface area (Å²) in [5.74, 6) is 0.896. The van der Waals surface area contributed by atoms with Crippen LogP contribution >= 0.6 is 15.9 Å². The van der Waals surface area contributed by atoms with Crippen LogP contribution in [0.25, 0.3) is 0 Å². The summed E-state index contributed by atoms with van der Waals surface area (Å²) in [6.07, 6.45) is 6.76. The quantitative estimate of drug-likeness (QED) is 0.831. The lowest BCUT2D eigenvalue weighted by atomic mass is 10.0.